The molecule has 0 amide bonds. The third-order valence-corrected chi connectivity index (χ3v) is 1.75. The van der Waals surface area contributed by atoms with Gasteiger partial charge in [0, 0.05) is 0 Å². The predicted octanol–water partition coefficient (Wildman–Crippen LogP) is 0.741. The summed E-state index contributed by atoms with van der Waals surface area (Å²) in [5.74, 6) is -0.754. The fourth-order valence-electron chi connectivity index (χ4n) is 0.953. The van der Waals surface area contributed by atoms with Crippen molar-refractivity contribution in [3.63, 3.8) is 0 Å². The summed E-state index contributed by atoms with van der Waals surface area (Å²) in [5.41, 5.74) is 0. The minimum Gasteiger partial charge on any atom is -0.665 e. The van der Waals surface area contributed by atoms with E-state index in [2.05, 4.69) is 6.92 Å². The van der Waals surface area contributed by atoms with Crippen molar-refractivity contribution in [3.05, 3.63) is 0 Å². The Morgan fingerprint density at radius 3 is 1.45 bits per heavy atom. The summed E-state index contributed by atoms with van der Waals surface area (Å²) in [6.07, 6.45) is 3.71. The van der Waals surface area contributed by atoms with Gasteiger partial charge in [-0.1, -0.05) is 46.1 Å². The largest absolute Gasteiger partial charge is 3.00 e. The van der Waals surface area contributed by atoms with Crippen molar-refractivity contribution in [1.82, 2.24) is 0 Å². The van der Waals surface area contributed by atoms with E-state index in [0.29, 0.717) is 19.4 Å². The molecular formula is C11H19BiO8. The Labute approximate surface area is 136 Å². The van der Waals surface area contributed by atoms with Crippen LogP contribution in [-0.4, -0.2) is 72.0 Å². The summed E-state index contributed by atoms with van der Waals surface area (Å²) in [6.45, 7) is 5.50. The minimum atomic E-state index is -0.643. The van der Waals surface area contributed by atoms with Gasteiger partial charge in [0.1, 0.15) is 0 Å². The smallest absolute Gasteiger partial charge is 0.665 e. The third-order valence-electron chi connectivity index (χ3n) is 1.75. The zero-order valence-corrected chi connectivity index (χ0v) is 14.8. The topological polar surface area (TPSA) is 149 Å². The second kappa shape index (κ2) is 36.1. The number of carboxylic acid groups (broad SMARTS) is 1. The first-order valence-electron chi connectivity index (χ1n) is 5.23. The van der Waals surface area contributed by atoms with Crippen LogP contribution in [0.15, 0.2) is 0 Å². The maximum absolute atomic E-state index is 10.4. The van der Waals surface area contributed by atoms with E-state index in [1.54, 1.807) is 0 Å². The molecule has 0 aromatic carbocycles. The molecule has 9 heteroatoms. The molecule has 116 valence electrons. The number of hydrogen-bond acceptors (Lipinski definition) is 4. The minimum absolute atomic E-state index is 0. The Morgan fingerprint density at radius 2 is 1.30 bits per heavy atom. The molecule has 4 N–H and O–H groups in total. The summed E-state index contributed by atoms with van der Waals surface area (Å²) in [7, 11) is 0. The first kappa shape index (κ1) is 31.3. The van der Waals surface area contributed by atoms with Crippen LogP contribution in [0, 0.1) is 5.92 Å². The second-order valence-corrected chi connectivity index (χ2v) is 2.86. The van der Waals surface area contributed by atoms with Gasteiger partial charge in [-0.15, -0.1) is 0 Å². The van der Waals surface area contributed by atoms with Crippen molar-refractivity contribution in [1.29, 1.82) is 0 Å². The maximum atomic E-state index is 10.4. The van der Waals surface area contributed by atoms with E-state index in [0.717, 1.165) is 25.7 Å². The van der Waals surface area contributed by atoms with Crippen LogP contribution in [0.2, 0.25) is 0 Å². The Bertz CT molecular complexity index is 196. The molecule has 2 radical (unpaired) electrons. The molecule has 0 aliphatic carbocycles. The standard InChI is InChI=1S/C8H16O2.3CHO2.Bi/c1-3-5-6-7(4-2)8(9)10;3*2-1-3;/h7H,3-6H2,1-2H3,(H,9,10);3*(H,2,3);/q;3*-1;+3. The maximum Gasteiger partial charge on any atom is 3.00 e. The SMILES string of the molecule is CCCCC(CC)C(=O)O.O=[C-]O.O=[C-]O.O=[C-]O.[Bi+3]. The van der Waals surface area contributed by atoms with E-state index in [9.17, 15) is 4.79 Å². The molecule has 0 rings (SSSR count). The number of unbranched alkanes of at least 4 members (excludes halogenated alkanes) is 1. The molecular weight excluding hydrogens is 469 g/mol. The van der Waals surface area contributed by atoms with E-state index in [4.69, 9.17) is 34.8 Å². The van der Waals surface area contributed by atoms with E-state index < -0.39 is 5.97 Å². The molecule has 0 saturated heterocycles. The molecule has 0 aromatic heterocycles. The molecule has 0 bridgehead atoms. The summed E-state index contributed by atoms with van der Waals surface area (Å²) >= 11 is 0. The van der Waals surface area contributed by atoms with Crippen molar-refractivity contribution in [2.45, 2.75) is 39.5 Å². The van der Waals surface area contributed by atoms with E-state index >= 15 is 0 Å². The van der Waals surface area contributed by atoms with E-state index in [1.165, 1.54) is 0 Å². The predicted molar refractivity (Wildman–Crippen MR) is 71.7 cm³/mol. The van der Waals surface area contributed by atoms with Gasteiger partial charge >= 0.3 is 32.2 Å². The molecule has 1 unspecified atom stereocenters. The summed E-state index contributed by atoms with van der Waals surface area (Å²) in [6, 6.07) is 0. The van der Waals surface area contributed by atoms with Crippen LogP contribution in [0.1, 0.15) is 39.5 Å². The molecule has 1 atom stereocenters. The fourth-order valence-corrected chi connectivity index (χ4v) is 0.953. The normalized spacial score (nSPS) is 8.30. The van der Waals surface area contributed by atoms with Crippen LogP contribution in [-0.2, 0) is 19.2 Å². The molecule has 0 aliphatic heterocycles. The fraction of sp³-hybridized carbons (Fsp3) is 0.636. The molecule has 20 heavy (non-hydrogen) atoms. The average Bonchev–Trinajstić information content (AvgIpc) is 2.32. The van der Waals surface area contributed by atoms with Crippen LogP contribution < -0.4 is 0 Å². The monoisotopic (exact) mass is 488 g/mol. The summed E-state index contributed by atoms with van der Waals surface area (Å²) in [4.78, 5) is 35.1. The molecule has 0 heterocycles. The Hall–Kier alpha value is -1.24. The molecule has 0 saturated carbocycles. The van der Waals surface area contributed by atoms with Gasteiger partial charge in [0.2, 0.25) is 0 Å². The number of aliphatic carboxylic acids is 1. The number of rotatable bonds is 5. The van der Waals surface area contributed by atoms with E-state index in [1.807, 2.05) is 6.92 Å². The van der Waals surface area contributed by atoms with E-state index in [-0.39, 0.29) is 32.1 Å². The number of hydrogen-bond donors (Lipinski definition) is 4. The number of carbonyl (C=O) groups is 1. The van der Waals surface area contributed by atoms with Crippen molar-refractivity contribution in [2.24, 2.45) is 5.92 Å². The van der Waals surface area contributed by atoms with Gasteiger partial charge in [-0.05, 0) is 12.8 Å². The van der Waals surface area contributed by atoms with Gasteiger partial charge in [0.15, 0.2) is 0 Å². The number of carboxylic acids is 1. The van der Waals surface area contributed by atoms with Crippen molar-refractivity contribution >= 4 is 51.6 Å². The molecule has 0 aliphatic rings. The van der Waals surface area contributed by atoms with Crippen molar-refractivity contribution in [3.8, 4) is 0 Å². The first-order valence-corrected chi connectivity index (χ1v) is 5.23. The molecule has 0 fully saturated rings. The molecule has 0 aromatic rings. The first-order chi connectivity index (χ1) is 8.96. The second-order valence-electron chi connectivity index (χ2n) is 2.86. The zero-order valence-electron chi connectivity index (χ0n) is 11.3. The molecule has 0 spiro atoms. The van der Waals surface area contributed by atoms with Crippen LogP contribution in [0.5, 0.6) is 0 Å². The van der Waals surface area contributed by atoms with Crippen LogP contribution in [0.3, 0.4) is 0 Å². The van der Waals surface area contributed by atoms with Gasteiger partial charge in [-0.3, -0.25) is 4.79 Å². The Balaban J connectivity index is -0.0000000626. The van der Waals surface area contributed by atoms with Gasteiger partial charge in [-0.25, -0.2) is 0 Å². The van der Waals surface area contributed by atoms with Gasteiger partial charge in [0.25, 0.3) is 0 Å². The molecule has 8 nitrogen and oxygen atoms in total. The van der Waals surface area contributed by atoms with Crippen molar-refractivity contribution < 1.29 is 39.6 Å². The Kier molecular flexibility index (Phi) is 56.4. The Morgan fingerprint density at radius 1 is 1.00 bits per heavy atom. The third kappa shape index (κ3) is 54.2. The van der Waals surface area contributed by atoms with Gasteiger partial charge < -0.3 is 34.8 Å². The quantitative estimate of drug-likeness (QED) is 0.327. The summed E-state index contributed by atoms with van der Waals surface area (Å²) in [5, 5.41) is 28.9. The van der Waals surface area contributed by atoms with Gasteiger partial charge in [-0.2, -0.15) is 0 Å². The average molecular weight is 488 g/mol. The summed E-state index contributed by atoms with van der Waals surface area (Å²) < 4.78 is 0. The zero-order chi connectivity index (χ0) is 16.1. The van der Waals surface area contributed by atoms with Crippen LogP contribution >= 0.6 is 0 Å². The number of aliphatic hydroxyl groups excluding tert-OH is 3. The van der Waals surface area contributed by atoms with Crippen molar-refractivity contribution in [2.75, 3.05) is 0 Å². The van der Waals surface area contributed by atoms with Gasteiger partial charge in [0.05, 0.1) is 5.92 Å². The van der Waals surface area contributed by atoms with Crippen LogP contribution in [0.25, 0.3) is 0 Å². The van der Waals surface area contributed by atoms with Crippen LogP contribution in [0.4, 0.5) is 0 Å².